The van der Waals surface area contributed by atoms with Crippen LogP contribution in [0.5, 0.6) is 0 Å². The number of aryl methyl sites for hydroxylation is 1. The fraction of sp³-hybridized carbons (Fsp3) is 0.389. The van der Waals surface area contributed by atoms with Crippen molar-refractivity contribution in [1.82, 2.24) is 20.6 Å². The van der Waals surface area contributed by atoms with Gasteiger partial charge in [-0.1, -0.05) is 28.1 Å². The van der Waals surface area contributed by atoms with Gasteiger partial charge in [-0.25, -0.2) is 9.97 Å². The standard InChI is InChI=1S/C18H22BrN5/c1-13-21-9-6-16(24-13)11-22-17(20-2)23-12-18(7-8-18)14-4-3-5-15(19)10-14/h3-6,9-10H,7-8,11-12H2,1-2H3,(H2,20,22,23). The molecular weight excluding hydrogens is 366 g/mol. The smallest absolute Gasteiger partial charge is 0.191 e. The minimum Gasteiger partial charge on any atom is -0.356 e. The number of nitrogens with zero attached hydrogens (tertiary/aromatic N) is 3. The Morgan fingerprint density at radius 2 is 2.12 bits per heavy atom. The maximum Gasteiger partial charge on any atom is 0.191 e. The van der Waals surface area contributed by atoms with Gasteiger partial charge in [-0.05, 0) is 43.5 Å². The van der Waals surface area contributed by atoms with Gasteiger partial charge in [0.05, 0.1) is 12.2 Å². The van der Waals surface area contributed by atoms with Crippen LogP contribution in [0.4, 0.5) is 0 Å². The summed E-state index contributed by atoms with van der Waals surface area (Å²) in [4.78, 5) is 12.8. The van der Waals surface area contributed by atoms with Crippen LogP contribution >= 0.6 is 15.9 Å². The highest BCUT2D eigenvalue weighted by Crippen LogP contribution is 2.48. The zero-order valence-corrected chi connectivity index (χ0v) is 15.6. The first-order valence-electron chi connectivity index (χ1n) is 8.10. The number of aromatic nitrogens is 2. The Morgan fingerprint density at radius 3 is 2.79 bits per heavy atom. The van der Waals surface area contributed by atoms with Crippen LogP contribution in [0.2, 0.25) is 0 Å². The van der Waals surface area contributed by atoms with Gasteiger partial charge in [0.15, 0.2) is 5.96 Å². The van der Waals surface area contributed by atoms with Crippen molar-refractivity contribution in [3.05, 3.63) is 58.1 Å². The Morgan fingerprint density at radius 1 is 1.29 bits per heavy atom. The van der Waals surface area contributed by atoms with E-state index < -0.39 is 0 Å². The van der Waals surface area contributed by atoms with Crippen LogP contribution in [-0.2, 0) is 12.0 Å². The summed E-state index contributed by atoms with van der Waals surface area (Å²) in [6.07, 6.45) is 4.19. The zero-order valence-electron chi connectivity index (χ0n) is 14.0. The predicted octanol–water partition coefficient (Wildman–Crippen LogP) is 2.94. The molecule has 126 valence electrons. The van der Waals surface area contributed by atoms with Crippen molar-refractivity contribution < 1.29 is 0 Å². The van der Waals surface area contributed by atoms with Gasteiger partial charge in [0.1, 0.15) is 5.82 Å². The number of halogens is 1. The first-order chi connectivity index (χ1) is 11.6. The molecule has 0 bridgehead atoms. The Kier molecular flexibility index (Phi) is 5.14. The molecule has 1 aromatic heterocycles. The van der Waals surface area contributed by atoms with Gasteiger partial charge in [0.25, 0.3) is 0 Å². The number of benzene rings is 1. The Labute approximate surface area is 151 Å². The monoisotopic (exact) mass is 387 g/mol. The molecule has 2 N–H and O–H groups in total. The molecule has 0 aliphatic heterocycles. The van der Waals surface area contributed by atoms with Crippen molar-refractivity contribution >= 4 is 21.9 Å². The molecule has 1 aliphatic carbocycles. The van der Waals surface area contributed by atoms with Gasteiger partial charge in [0.2, 0.25) is 0 Å². The average Bonchev–Trinajstić information content (AvgIpc) is 3.36. The minimum absolute atomic E-state index is 0.229. The minimum atomic E-state index is 0.229. The molecule has 0 radical (unpaired) electrons. The zero-order chi connectivity index (χ0) is 17.0. The number of nitrogens with one attached hydrogen (secondary N) is 2. The fourth-order valence-electron chi connectivity index (χ4n) is 2.79. The van der Waals surface area contributed by atoms with E-state index in [1.165, 1.54) is 18.4 Å². The lowest BCUT2D eigenvalue weighted by Crippen LogP contribution is -2.41. The third-order valence-electron chi connectivity index (χ3n) is 4.38. The summed E-state index contributed by atoms with van der Waals surface area (Å²) in [5.74, 6) is 1.58. The first-order valence-corrected chi connectivity index (χ1v) is 8.90. The van der Waals surface area contributed by atoms with Gasteiger partial charge >= 0.3 is 0 Å². The van der Waals surface area contributed by atoms with Crippen molar-refractivity contribution in [3.8, 4) is 0 Å². The summed E-state index contributed by atoms with van der Waals surface area (Å²) < 4.78 is 1.13. The van der Waals surface area contributed by atoms with E-state index >= 15 is 0 Å². The maximum atomic E-state index is 4.40. The van der Waals surface area contributed by atoms with Gasteiger partial charge in [-0.15, -0.1) is 0 Å². The Bertz CT molecular complexity index is 740. The molecule has 1 aliphatic rings. The van der Waals surface area contributed by atoms with E-state index in [1.807, 2.05) is 13.0 Å². The van der Waals surface area contributed by atoms with Crippen LogP contribution in [0.3, 0.4) is 0 Å². The molecule has 0 amide bonds. The van der Waals surface area contributed by atoms with Crippen LogP contribution in [0, 0.1) is 6.92 Å². The van der Waals surface area contributed by atoms with Crippen molar-refractivity contribution in [3.63, 3.8) is 0 Å². The first kappa shape index (κ1) is 16.9. The molecule has 24 heavy (non-hydrogen) atoms. The predicted molar refractivity (Wildman–Crippen MR) is 100 cm³/mol. The molecule has 3 rings (SSSR count). The summed E-state index contributed by atoms with van der Waals surface area (Å²) in [6.45, 7) is 3.41. The second-order valence-corrected chi connectivity index (χ2v) is 7.08. The van der Waals surface area contributed by atoms with E-state index in [1.54, 1.807) is 13.2 Å². The van der Waals surface area contributed by atoms with Gasteiger partial charge in [-0.3, -0.25) is 4.99 Å². The van der Waals surface area contributed by atoms with Crippen molar-refractivity contribution in [2.75, 3.05) is 13.6 Å². The Hall–Kier alpha value is -1.95. The number of guanidine groups is 1. The quantitative estimate of drug-likeness (QED) is 0.611. The molecule has 5 nitrogen and oxygen atoms in total. The number of aliphatic imine (C=N–C) groups is 1. The summed E-state index contributed by atoms with van der Waals surface area (Å²) in [6, 6.07) is 10.5. The summed E-state index contributed by atoms with van der Waals surface area (Å²) in [7, 11) is 1.79. The Balaban J connectivity index is 1.56. The van der Waals surface area contributed by atoms with Crippen LogP contribution < -0.4 is 10.6 Å². The molecule has 1 fully saturated rings. The average molecular weight is 388 g/mol. The summed E-state index contributed by atoms with van der Waals surface area (Å²) >= 11 is 3.56. The molecule has 0 unspecified atom stereocenters. The van der Waals surface area contributed by atoms with Gasteiger partial charge in [-0.2, -0.15) is 0 Å². The number of rotatable bonds is 5. The maximum absolute atomic E-state index is 4.40. The lowest BCUT2D eigenvalue weighted by molar-refractivity contribution is 0.644. The molecule has 6 heteroatoms. The lowest BCUT2D eigenvalue weighted by Gasteiger charge is -2.19. The fourth-order valence-corrected chi connectivity index (χ4v) is 3.19. The number of hydrogen-bond donors (Lipinski definition) is 2. The molecule has 1 aromatic carbocycles. The molecule has 1 saturated carbocycles. The van der Waals surface area contributed by atoms with Crippen LogP contribution in [0.15, 0.2) is 46.0 Å². The third-order valence-corrected chi connectivity index (χ3v) is 4.87. The molecule has 2 aromatic rings. The van der Waals surface area contributed by atoms with E-state index in [2.05, 4.69) is 65.8 Å². The normalized spacial score (nSPS) is 15.9. The molecule has 0 spiro atoms. The largest absolute Gasteiger partial charge is 0.356 e. The molecule has 0 atom stereocenters. The molecule has 1 heterocycles. The lowest BCUT2D eigenvalue weighted by atomic mass is 9.96. The SMILES string of the molecule is CN=C(NCc1ccnc(C)n1)NCC1(c2cccc(Br)c2)CC1. The molecular formula is C18H22BrN5. The van der Waals surface area contributed by atoms with Crippen molar-refractivity contribution in [1.29, 1.82) is 0 Å². The second kappa shape index (κ2) is 7.30. The summed E-state index contributed by atoms with van der Waals surface area (Å²) in [5, 5.41) is 6.77. The van der Waals surface area contributed by atoms with E-state index in [0.29, 0.717) is 6.54 Å². The topological polar surface area (TPSA) is 62.2 Å². The highest BCUT2D eigenvalue weighted by atomic mass is 79.9. The van der Waals surface area contributed by atoms with Crippen molar-refractivity contribution in [2.45, 2.75) is 31.7 Å². The van der Waals surface area contributed by atoms with Crippen LogP contribution in [0.25, 0.3) is 0 Å². The van der Waals surface area contributed by atoms with E-state index in [-0.39, 0.29) is 5.41 Å². The van der Waals surface area contributed by atoms with Crippen molar-refractivity contribution in [2.24, 2.45) is 4.99 Å². The number of hydrogen-bond acceptors (Lipinski definition) is 3. The highest BCUT2D eigenvalue weighted by molar-refractivity contribution is 9.10. The van der Waals surface area contributed by atoms with Crippen LogP contribution in [0.1, 0.15) is 29.9 Å². The third kappa shape index (κ3) is 4.12. The highest BCUT2D eigenvalue weighted by Gasteiger charge is 2.44. The second-order valence-electron chi connectivity index (χ2n) is 6.17. The van der Waals surface area contributed by atoms with Gasteiger partial charge < -0.3 is 10.6 Å². The summed E-state index contributed by atoms with van der Waals surface area (Å²) in [5.41, 5.74) is 2.57. The van der Waals surface area contributed by atoms with E-state index in [4.69, 9.17) is 0 Å². The van der Waals surface area contributed by atoms with Crippen LogP contribution in [-0.4, -0.2) is 29.5 Å². The van der Waals surface area contributed by atoms with Gasteiger partial charge in [0, 0.05) is 29.7 Å². The van der Waals surface area contributed by atoms with E-state index in [9.17, 15) is 0 Å². The van der Waals surface area contributed by atoms with E-state index in [0.717, 1.165) is 28.5 Å². The molecule has 0 saturated heterocycles.